The highest BCUT2D eigenvalue weighted by atomic mass is 16.3. The van der Waals surface area contributed by atoms with Crippen LogP contribution in [0.4, 0.5) is 5.69 Å². The van der Waals surface area contributed by atoms with Crippen LogP contribution in [-0.4, -0.2) is 11.9 Å². The summed E-state index contributed by atoms with van der Waals surface area (Å²) in [6.45, 7) is 6.20. The van der Waals surface area contributed by atoms with E-state index in [-0.39, 0.29) is 11.9 Å². The number of rotatable bonds is 2. The van der Waals surface area contributed by atoms with Gasteiger partial charge >= 0.3 is 0 Å². The van der Waals surface area contributed by atoms with Crippen LogP contribution in [0.1, 0.15) is 41.9 Å². The number of nitrogens with zero attached hydrogens (tertiary/aromatic N) is 1. The van der Waals surface area contributed by atoms with Crippen molar-refractivity contribution in [1.29, 1.82) is 0 Å². The van der Waals surface area contributed by atoms with Gasteiger partial charge in [-0.1, -0.05) is 32.0 Å². The van der Waals surface area contributed by atoms with E-state index in [9.17, 15) is 4.79 Å². The van der Waals surface area contributed by atoms with E-state index in [2.05, 4.69) is 26.0 Å². The molecule has 3 nitrogen and oxygen atoms in total. The summed E-state index contributed by atoms with van der Waals surface area (Å²) in [6.07, 6.45) is 3.63. The molecule has 3 heteroatoms. The number of amides is 1. The van der Waals surface area contributed by atoms with Crippen molar-refractivity contribution in [3.05, 3.63) is 53.5 Å². The van der Waals surface area contributed by atoms with Gasteiger partial charge in [-0.2, -0.15) is 0 Å². The quantitative estimate of drug-likeness (QED) is 0.827. The lowest BCUT2D eigenvalue weighted by atomic mass is 9.88. The third-order valence-corrected chi connectivity index (χ3v) is 4.37. The molecule has 0 radical (unpaired) electrons. The molecule has 1 aromatic carbocycles. The Bertz CT molecular complexity index is 657. The molecule has 0 saturated carbocycles. The number of benzene rings is 1. The lowest BCUT2D eigenvalue weighted by molar-refractivity contribution is 0.0963. The number of anilines is 1. The minimum Gasteiger partial charge on any atom is -0.469 e. The summed E-state index contributed by atoms with van der Waals surface area (Å²) in [7, 11) is 0. The molecule has 0 aliphatic carbocycles. The fraction of sp³-hybridized carbons (Fsp3) is 0.389. The highest BCUT2D eigenvalue weighted by Crippen LogP contribution is 2.35. The number of fused-ring (bicyclic) bond motifs is 1. The fourth-order valence-corrected chi connectivity index (χ4v) is 3.20. The average Bonchev–Trinajstić information content (AvgIpc) is 2.91. The van der Waals surface area contributed by atoms with Crippen LogP contribution in [0.3, 0.4) is 0 Å². The van der Waals surface area contributed by atoms with Gasteiger partial charge in [0.1, 0.15) is 5.76 Å². The van der Waals surface area contributed by atoms with Gasteiger partial charge in [0.2, 0.25) is 0 Å². The Morgan fingerprint density at radius 1 is 1.29 bits per heavy atom. The summed E-state index contributed by atoms with van der Waals surface area (Å²) in [5, 5.41) is 0. The molecule has 0 unspecified atom stereocenters. The maximum atomic E-state index is 13.0. The van der Waals surface area contributed by atoms with E-state index in [1.807, 2.05) is 24.0 Å². The second-order valence-corrected chi connectivity index (χ2v) is 6.04. The van der Waals surface area contributed by atoms with Gasteiger partial charge in [0.05, 0.1) is 11.8 Å². The van der Waals surface area contributed by atoms with E-state index in [4.69, 9.17) is 4.42 Å². The van der Waals surface area contributed by atoms with E-state index in [1.165, 1.54) is 5.56 Å². The molecular formula is C18H21NO2. The van der Waals surface area contributed by atoms with Crippen molar-refractivity contribution >= 4 is 11.6 Å². The SMILES string of the molecule is Cc1occc1C(=O)N1c2ccccc2CC[C@H]1C(C)C. The smallest absolute Gasteiger partial charge is 0.262 e. The van der Waals surface area contributed by atoms with Crippen LogP contribution < -0.4 is 4.90 Å². The third-order valence-electron chi connectivity index (χ3n) is 4.37. The summed E-state index contributed by atoms with van der Waals surface area (Å²) >= 11 is 0. The maximum absolute atomic E-state index is 13.0. The van der Waals surface area contributed by atoms with Gasteiger partial charge in [0, 0.05) is 11.7 Å². The predicted octanol–water partition coefficient (Wildman–Crippen LogP) is 4.21. The Morgan fingerprint density at radius 3 is 2.71 bits per heavy atom. The summed E-state index contributed by atoms with van der Waals surface area (Å²) in [5.41, 5.74) is 2.97. The molecule has 0 spiro atoms. The van der Waals surface area contributed by atoms with Gasteiger partial charge in [0.15, 0.2) is 0 Å². The van der Waals surface area contributed by atoms with Crippen molar-refractivity contribution in [3.8, 4) is 0 Å². The highest BCUT2D eigenvalue weighted by Gasteiger charge is 2.34. The molecule has 1 amide bonds. The van der Waals surface area contributed by atoms with Crippen molar-refractivity contribution < 1.29 is 9.21 Å². The van der Waals surface area contributed by atoms with Crippen molar-refractivity contribution in [3.63, 3.8) is 0 Å². The number of hydrogen-bond donors (Lipinski definition) is 0. The molecule has 1 aromatic heterocycles. The predicted molar refractivity (Wildman–Crippen MR) is 83.6 cm³/mol. The van der Waals surface area contributed by atoms with Crippen LogP contribution in [0.15, 0.2) is 41.0 Å². The molecule has 3 rings (SSSR count). The summed E-state index contributed by atoms with van der Waals surface area (Å²) < 4.78 is 5.31. The minimum absolute atomic E-state index is 0.0482. The van der Waals surface area contributed by atoms with E-state index in [1.54, 1.807) is 12.3 Å². The zero-order valence-electron chi connectivity index (χ0n) is 12.8. The number of para-hydroxylation sites is 1. The number of carbonyl (C=O) groups excluding carboxylic acids is 1. The molecule has 0 bridgehead atoms. The molecule has 0 N–H and O–H groups in total. The first-order valence-electron chi connectivity index (χ1n) is 7.55. The molecular weight excluding hydrogens is 262 g/mol. The Hall–Kier alpha value is -2.03. The molecule has 1 aliphatic rings. The van der Waals surface area contributed by atoms with Gasteiger partial charge in [0.25, 0.3) is 5.91 Å². The normalized spacial score (nSPS) is 17.9. The van der Waals surface area contributed by atoms with Crippen LogP contribution in [0.5, 0.6) is 0 Å². The lowest BCUT2D eigenvalue weighted by Crippen LogP contribution is -2.46. The second kappa shape index (κ2) is 5.40. The molecule has 1 atom stereocenters. The maximum Gasteiger partial charge on any atom is 0.262 e. The first-order valence-corrected chi connectivity index (χ1v) is 7.55. The summed E-state index contributed by atoms with van der Waals surface area (Å²) in [5.74, 6) is 1.16. The molecule has 110 valence electrons. The summed E-state index contributed by atoms with van der Waals surface area (Å²) in [6, 6.07) is 10.2. The molecule has 0 fully saturated rings. The van der Waals surface area contributed by atoms with Crippen LogP contribution >= 0.6 is 0 Å². The van der Waals surface area contributed by atoms with Crippen molar-refractivity contribution in [2.24, 2.45) is 5.92 Å². The number of hydrogen-bond acceptors (Lipinski definition) is 2. The zero-order chi connectivity index (χ0) is 15.0. The zero-order valence-corrected chi connectivity index (χ0v) is 12.8. The van der Waals surface area contributed by atoms with Crippen LogP contribution in [0, 0.1) is 12.8 Å². The fourth-order valence-electron chi connectivity index (χ4n) is 3.20. The molecule has 2 aromatic rings. The first kappa shape index (κ1) is 13.9. The third kappa shape index (κ3) is 2.37. The molecule has 1 aliphatic heterocycles. The standard InChI is InChI=1S/C18H21NO2/c1-12(2)16-9-8-14-6-4-5-7-17(14)19(16)18(20)15-10-11-21-13(15)3/h4-7,10-12,16H,8-9H2,1-3H3/t16-/m0/s1. The van der Waals surface area contributed by atoms with Gasteiger partial charge < -0.3 is 9.32 Å². The van der Waals surface area contributed by atoms with Crippen molar-refractivity contribution in [2.75, 3.05) is 4.90 Å². The highest BCUT2D eigenvalue weighted by molar-refractivity contribution is 6.07. The van der Waals surface area contributed by atoms with E-state index in [0.29, 0.717) is 17.2 Å². The molecule has 21 heavy (non-hydrogen) atoms. The Labute approximate surface area is 125 Å². The van der Waals surface area contributed by atoms with E-state index >= 15 is 0 Å². The number of furan rings is 1. The largest absolute Gasteiger partial charge is 0.469 e. The van der Waals surface area contributed by atoms with Crippen LogP contribution in [0.2, 0.25) is 0 Å². The van der Waals surface area contributed by atoms with Gasteiger partial charge in [-0.25, -0.2) is 0 Å². The molecule has 2 heterocycles. The Kier molecular flexibility index (Phi) is 3.58. The molecule has 0 saturated heterocycles. The van der Waals surface area contributed by atoms with Crippen LogP contribution in [0.25, 0.3) is 0 Å². The Morgan fingerprint density at radius 2 is 2.05 bits per heavy atom. The second-order valence-electron chi connectivity index (χ2n) is 6.04. The summed E-state index contributed by atoms with van der Waals surface area (Å²) in [4.78, 5) is 15.0. The van der Waals surface area contributed by atoms with Gasteiger partial charge in [-0.05, 0) is 43.4 Å². The van der Waals surface area contributed by atoms with Gasteiger partial charge in [-0.3, -0.25) is 4.79 Å². The number of carbonyl (C=O) groups is 1. The number of aryl methyl sites for hydroxylation is 2. The first-order chi connectivity index (χ1) is 10.1. The Balaban J connectivity index is 2.07. The minimum atomic E-state index is 0.0482. The van der Waals surface area contributed by atoms with E-state index < -0.39 is 0 Å². The van der Waals surface area contributed by atoms with Crippen molar-refractivity contribution in [1.82, 2.24) is 0 Å². The van der Waals surface area contributed by atoms with Gasteiger partial charge in [-0.15, -0.1) is 0 Å². The van der Waals surface area contributed by atoms with Crippen LogP contribution in [-0.2, 0) is 6.42 Å². The lowest BCUT2D eigenvalue weighted by Gasteiger charge is -2.39. The van der Waals surface area contributed by atoms with E-state index in [0.717, 1.165) is 18.5 Å². The van der Waals surface area contributed by atoms with Crippen molar-refractivity contribution in [2.45, 2.75) is 39.7 Å². The topological polar surface area (TPSA) is 33.5 Å². The monoisotopic (exact) mass is 283 g/mol. The average molecular weight is 283 g/mol.